The number of nitrogens with one attached hydrogen (secondary N) is 2. The Morgan fingerprint density at radius 1 is 0.786 bits per heavy atom. The van der Waals surface area contributed by atoms with Crippen LogP contribution in [0.1, 0.15) is 0 Å². The van der Waals surface area contributed by atoms with Crippen molar-refractivity contribution in [3.8, 4) is 0 Å². The lowest BCUT2D eigenvalue weighted by Crippen LogP contribution is -2.39. The molecule has 0 atom stereocenters. The highest BCUT2D eigenvalue weighted by molar-refractivity contribution is 4.88. The summed E-state index contributed by atoms with van der Waals surface area (Å²) in [7, 11) is 0. The molecule has 1 fully saturated rings. The van der Waals surface area contributed by atoms with Crippen molar-refractivity contribution in [2.45, 2.75) is 0 Å². The van der Waals surface area contributed by atoms with Crippen LogP contribution in [0.5, 0.6) is 0 Å². The molecule has 0 unspecified atom stereocenters. The smallest absolute Gasteiger partial charge is 0.0267 e. The van der Waals surface area contributed by atoms with Crippen LogP contribution in [0.15, 0.2) is 43.8 Å². The van der Waals surface area contributed by atoms with Crippen molar-refractivity contribution in [1.82, 2.24) is 15.6 Å². The Morgan fingerprint density at radius 3 is 1.36 bits per heavy atom. The van der Waals surface area contributed by atoms with Gasteiger partial charge >= 0.3 is 0 Å². The average Bonchev–Trinajstić information content (AvgIpc) is 2.37. The minimum absolute atomic E-state index is 1.14. The Bertz CT molecular complexity index is 147. The van der Waals surface area contributed by atoms with Crippen molar-refractivity contribution in [1.29, 1.82) is 0 Å². The van der Waals surface area contributed by atoms with E-state index in [2.05, 4.69) is 28.8 Å². The molecule has 1 aliphatic heterocycles. The lowest BCUT2D eigenvalue weighted by molar-refractivity contribution is 0.534. The van der Waals surface area contributed by atoms with Gasteiger partial charge in [0.1, 0.15) is 0 Å². The second-order valence-corrected chi connectivity index (χ2v) is 2.52. The summed E-state index contributed by atoms with van der Waals surface area (Å²) in [4.78, 5) is 3.78. The van der Waals surface area contributed by atoms with Crippen molar-refractivity contribution in [2.24, 2.45) is 0 Å². The minimum atomic E-state index is 1.14. The highest BCUT2D eigenvalue weighted by Gasteiger charge is 1.91. The van der Waals surface area contributed by atoms with Crippen LogP contribution >= 0.6 is 0 Å². The number of hydrogen-bond donors (Lipinski definition) is 2. The first-order chi connectivity index (χ1) is 7.00. The quantitative estimate of drug-likeness (QED) is 0.605. The molecule has 0 amide bonds. The monoisotopic (exact) mass is 193 g/mol. The van der Waals surface area contributed by atoms with Gasteiger partial charge in [0.25, 0.3) is 0 Å². The van der Waals surface area contributed by atoms with Crippen LogP contribution in [-0.2, 0) is 0 Å². The lowest BCUT2D eigenvalue weighted by Gasteiger charge is -2.11. The highest BCUT2D eigenvalue weighted by Crippen LogP contribution is 1.73. The van der Waals surface area contributed by atoms with E-state index in [4.69, 9.17) is 0 Å². The third kappa shape index (κ3) is 8.90. The topological polar surface area (TPSA) is 37.0 Å². The minimum Gasteiger partial charge on any atom is -0.314 e. The van der Waals surface area contributed by atoms with Crippen LogP contribution in [0.3, 0.4) is 0 Å². The van der Waals surface area contributed by atoms with E-state index < -0.39 is 0 Å². The molecule has 1 aromatic heterocycles. The Morgan fingerprint density at radius 2 is 1.21 bits per heavy atom. The molecule has 0 radical (unpaired) electrons. The van der Waals surface area contributed by atoms with Crippen LogP contribution in [0, 0.1) is 0 Å². The summed E-state index contributed by atoms with van der Waals surface area (Å²) in [5.74, 6) is 0. The van der Waals surface area contributed by atoms with Crippen molar-refractivity contribution >= 4 is 0 Å². The predicted molar refractivity (Wildman–Crippen MR) is 61.2 cm³/mol. The number of aromatic nitrogens is 1. The normalized spacial score (nSPS) is 14.0. The molecule has 3 heteroatoms. The van der Waals surface area contributed by atoms with Crippen LogP contribution in [0.25, 0.3) is 0 Å². The highest BCUT2D eigenvalue weighted by atomic mass is 15.0. The van der Waals surface area contributed by atoms with Gasteiger partial charge < -0.3 is 10.6 Å². The molecule has 2 N–H and O–H groups in total. The molecule has 2 rings (SSSR count). The van der Waals surface area contributed by atoms with Crippen LogP contribution in [0.4, 0.5) is 0 Å². The van der Waals surface area contributed by atoms with E-state index >= 15 is 0 Å². The van der Waals surface area contributed by atoms with E-state index in [1.54, 1.807) is 12.4 Å². The van der Waals surface area contributed by atoms with Crippen LogP contribution < -0.4 is 10.6 Å². The summed E-state index contributed by atoms with van der Waals surface area (Å²) in [6, 6.07) is 5.72. The van der Waals surface area contributed by atoms with E-state index in [0.29, 0.717) is 0 Å². The van der Waals surface area contributed by atoms with E-state index in [1.807, 2.05) is 18.2 Å². The van der Waals surface area contributed by atoms with Crippen molar-refractivity contribution in [3.63, 3.8) is 0 Å². The first-order valence-corrected chi connectivity index (χ1v) is 4.76. The molecular weight excluding hydrogens is 174 g/mol. The van der Waals surface area contributed by atoms with Gasteiger partial charge in [0.05, 0.1) is 0 Å². The second-order valence-electron chi connectivity index (χ2n) is 2.52. The fraction of sp³-hybridized carbons (Fsp3) is 0.364. The molecule has 0 aliphatic carbocycles. The maximum absolute atomic E-state index is 3.78. The van der Waals surface area contributed by atoms with Crippen LogP contribution in [0.2, 0.25) is 0 Å². The molecule has 0 aromatic carbocycles. The van der Waals surface area contributed by atoms with E-state index in [0.717, 1.165) is 26.2 Å². The fourth-order valence-electron chi connectivity index (χ4n) is 0.916. The first-order valence-electron chi connectivity index (χ1n) is 4.76. The van der Waals surface area contributed by atoms with Gasteiger partial charge in [0.2, 0.25) is 0 Å². The number of nitrogens with zero attached hydrogens (tertiary/aromatic N) is 1. The molecule has 0 bridgehead atoms. The molecule has 1 aliphatic rings. The maximum Gasteiger partial charge on any atom is 0.0267 e. The van der Waals surface area contributed by atoms with Crippen LogP contribution in [-0.4, -0.2) is 31.2 Å². The van der Waals surface area contributed by atoms with Gasteiger partial charge in [-0.3, -0.25) is 4.98 Å². The molecule has 2 heterocycles. The maximum atomic E-state index is 3.78. The molecule has 78 valence electrons. The lowest BCUT2D eigenvalue weighted by atomic mass is 10.4. The molecule has 1 saturated heterocycles. The zero-order valence-corrected chi connectivity index (χ0v) is 8.58. The summed E-state index contributed by atoms with van der Waals surface area (Å²) >= 11 is 0. The Kier molecular flexibility index (Phi) is 10.8. The summed E-state index contributed by atoms with van der Waals surface area (Å²) in [6.45, 7) is 10.6. The van der Waals surface area contributed by atoms with Gasteiger partial charge in [-0.05, 0) is 12.1 Å². The Balaban J connectivity index is 0.000000206. The zero-order valence-electron chi connectivity index (χ0n) is 8.58. The van der Waals surface area contributed by atoms with E-state index in [9.17, 15) is 0 Å². The van der Waals surface area contributed by atoms with E-state index in [1.165, 1.54) is 0 Å². The predicted octanol–water partition coefficient (Wildman–Crippen LogP) is 1.06. The fourth-order valence-corrected chi connectivity index (χ4v) is 0.916. The molecule has 0 saturated carbocycles. The zero-order chi connectivity index (χ0) is 10.5. The molecule has 3 nitrogen and oxygen atoms in total. The third-order valence-electron chi connectivity index (χ3n) is 1.52. The second kappa shape index (κ2) is 11.8. The van der Waals surface area contributed by atoms with E-state index in [-0.39, 0.29) is 0 Å². The number of hydrogen-bond acceptors (Lipinski definition) is 3. The van der Waals surface area contributed by atoms with Gasteiger partial charge in [-0.2, -0.15) is 0 Å². The summed E-state index contributed by atoms with van der Waals surface area (Å²) < 4.78 is 0. The third-order valence-corrected chi connectivity index (χ3v) is 1.52. The first kappa shape index (κ1) is 12.8. The summed E-state index contributed by atoms with van der Waals surface area (Å²) in [5, 5.41) is 6.44. The van der Waals surface area contributed by atoms with Crippen molar-refractivity contribution in [3.05, 3.63) is 43.8 Å². The van der Waals surface area contributed by atoms with Gasteiger partial charge in [-0.25, -0.2) is 0 Å². The SMILES string of the molecule is C1CNCCN1.C=C.c1ccncc1. The van der Waals surface area contributed by atoms with Gasteiger partial charge in [0.15, 0.2) is 0 Å². The summed E-state index contributed by atoms with van der Waals surface area (Å²) in [5.41, 5.74) is 0. The molecular formula is C11H19N3. The molecule has 14 heavy (non-hydrogen) atoms. The number of rotatable bonds is 0. The average molecular weight is 193 g/mol. The van der Waals surface area contributed by atoms with Gasteiger partial charge in [-0.15, -0.1) is 13.2 Å². The summed E-state index contributed by atoms with van der Waals surface area (Å²) in [6.07, 6.45) is 3.50. The van der Waals surface area contributed by atoms with Gasteiger partial charge in [0, 0.05) is 38.6 Å². The largest absolute Gasteiger partial charge is 0.314 e. The standard InChI is InChI=1S/C5H5N.C4H10N2.C2H4/c1-2-4-6-5-3-1;1-2-6-4-3-5-1;1-2/h1-5H;5-6H,1-4H2;1-2H2. The van der Waals surface area contributed by atoms with Crippen molar-refractivity contribution < 1.29 is 0 Å². The molecule has 0 spiro atoms. The van der Waals surface area contributed by atoms with Crippen molar-refractivity contribution in [2.75, 3.05) is 26.2 Å². The Hall–Kier alpha value is -1.19. The number of pyridine rings is 1. The Labute approximate surface area is 86.3 Å². The van der Waals surface area contributed by atoms with Gasteiger partial charge in [-0.1, -0.05) is 6.07 Å². The number of piperazine rings is 1. The molecule has 1 aromatic rings.